The Morgan fingerprint density at radius 2 is 2.00 bits per heavy atom. The van der Waals surface area contributed by atoms with E-state index in [1.54, 1.807) is 12.1 Å². The summed E-state index contributed by atoms with van der Waals surface area (Å²) >= 11 is 0. The molecule has 1 aromatic rings. The average Bonchev–Trinajstić information content (AvgIpc) is 2.34. The number of carboxylic acid groups (broad SMARTS) is 1. The van der Waals surface area contributed by atoms with E-state index in [9.17, 15) is 9.59 Å². The number of carbonyl (C=O) groups excluding carboxylic acids is 1. The molecule has 0 aliphatic heterocycles. The van der Waals surface area contributed by atoms with Crippen molar-refractivity contribution in [3.63, 3.8) is 0 Å². The SMILES string of the molecule is CO[C@@H](NC(=O)OCc1ccccc1)C(=O)O. The van der Waals surface area contributed by atoms with E-state index in [4.69, 9.17) is 9.84 Å². The van der Waals surface area contributed by atoms with Crippen molar-refractivity contribution >= 4 is 12.1 Å². The number of ether oxygens (including phenoxy) is 2. The number of methoxy groups -OCH3 is 1. The average molecular weight is 239 g/mol. The smallest absolute Gasteiger partial charge is 0.409 e. The second-order valence-corrected chi connectivity index (χ2v) is 3.16. The van der Waals surface area contributed by atoms with Crippen LogP contribution in [0, 0.1) is 0 Å². The van der Waals surface area contributed by atoms with Crippen molar-refractivity contribution in [1.82, 2.24) is 5.32 Å². The van der Waals surface area contributed by atoms with E-state index in [0.29, 0.717) is 0 Å². The molecule has 17 heavy (non-hydrogen) atoms. The molecule has 0 aliphatic carbocycles. The number of amides is 1. The van der Waals surface area contributed by atoms with Crippen LogP contribution < -0.4 is 5.32 Å². The van der Waals surface area contributed by atoms with E-state index in [1.807, 2.05) is 18.2 Å². The Labute approximate surface area is 98.2 Å². The standard InChI is InChI=1S/C11H13NO5/c1-16-9(10(13)14)12-11(15)17-7-8-5-3-2-4-6-8/h2-6,9H,7H2,1H3,(H,12,15)(H,13,14)/t9-/m1/s1. The van der Waals surface area contributed by atoms with Gasteiger partial charge in [0.1, 0.15) is 6.61 Å². The number of carbonyl (C=O) groups is 2. The summed E-state index contributed by atoms with van der Waals surface area (Å²) < 4.78 is 9.34. The molecular formula is C11H13NO5. The maximum atomic E-state index is 11.2. The van der Waals surface area contributed by atoms with Gasteiger partial charge in [0.15, 0.2) is 0 Å². The normalized spacial score (nSPS) is 11.6. The summed E-state index contributed by atoms with van der Waals surface area (Å²) in [6.07, 6.45) is -2.25. The molecule has 1 aromatic carbocycles. The van der Waals surface area contributed by atoms with Crippen LogP contribution >= 0.6 is 0 Å². The number of carboxylic acids is 1. The maximum absolute atomic E-state index is 11.2. The molecule has 0 unspecified atom stereocenters. The predicted molar refractivity (Wildman–Crippen MR) is 58.2 cm³/mol. The van der Waals surface area contributed by atoms with Crippen molar-refractivity contribution in [3.05, 3.63) is 35.9 Å². The molecule has 0 aliphatic rings. The van der Waals surface area contributed by atoms with Crippen LogP contribution in [0.2, 0.25) is 0 Å². The minimum absolute atomic E-state index is 0.0721. The van der Waals surface area contributed by atoms with Crippen LogP contribution in [0.5, 0.6) is 0 Å². The Hall–Kier alpha value is -2.08. The lowest BCUT2D eigenvalue weighted by atomic mass is 10.2. The van der Waals surface area contributed by atoms with Crippen LogP contribution in [-0.4, -0.2) is 30.5 Å². The third-order valence-electron chi connectivity index (χ3n) is 1.92. The minimum atomic E-state index is -1.40. The molecule has 6 nitrogen and oxygen atoms in total. The molecule has 0 heterocycles. The summed E-state index contributed by atoms with van der Waals surface area (Å²) in [5.74, 6) is -1.29. The number of hydrogen-bond acceptors (Lipinski definition) is 4. The molecule has 0 saturated heterocycles. The van der Waals surface area contributed by atoms with Crippen molar-refractivity contribution in [3.8, 4) is 0 Å². The first-order valence-corrected chi connectivity index (χ1v) is 4.86. The van der Waals surface area contributed by atoms with Gasteiger partial charge in [-0.3, -0.25) is 5.32 Å². The molecule has 0 bridgehead atoms. The molecule has 0 fully saturated rings. The quantitative estimate of drug-likeness (QED) is 0.748. The van der Waals surface area contributed by atoms with E-state index in [-0.39, 0.29) is 6.61 Å². The fourth-order valence-corrected chi connectivity index (χ4v) is 1.09. The number of benzene rings is 1. The van der Waals surface area contributed by atoms with Gasteiger partial charge in [0.2, 0.25) is 6.23 Å². The molecule has 1 amide bonds. The number of rotatable bonds is 5. The van der Waals surface area contributed by atoms with Gasteiger partial charge in [-0.1, -0.05) is 30.3 Å². The van der Waals surface area contributed by atoms with Crippen LogP contribution in [0.15, 0.2) is 30.3 Å². The number of alkyl carbamates (subject to hydrolysis) is 1. The molecule has 2 N–H and O–H groups in total. The summed E-state index contributed by atoms with van der Waals surface area (Å²) in [5.41, 5.74) is 0.812. The largest absolute Gasteiger partial charge is 0.478 e. The lowest BCUT2D eigenvalue weighted by Gasteiger charge is -2.12. The summed E-state index contributed by atoms with van der Waals surface area (Å²) in [4.78, 5) is 21.8. The Kier molecular flexibility index (Phi) is 4.96. The van der Waals surface area contributed by atoms with Gasteiger partial charge in [0, 0.05) is 7.11 Å². The molecule has 92 valence electrons. The van der Waals surface area contributed by atoms with Crippen molar-refractivity contribution in [2.45, 2.75) is 12.8 Å². The summed E-state index contributed by atoms with van der Waals surface area (Å²) in [6, 6.07) is 9.04. The molecule has 6 heteroatoms. The lowest BCUT2D eigenvalue weighted by molar-refractivity contribution is -0.150. The highest BCUT2D eigenvalue weighted by molar-refractivity contribution is 5.78. The van der Waals surface area contributed by atoms with E-state index in [0.717, 1.165) is 5.56 Å². The number of hydrogen-bond donors (Lipinski definition) is 2. The third kappa shape index (κ3) is 4.52. The zero-order valence-corrected chi connectivity index (χ0v) is 9.25. The van der Waals surface area contributed by atoms with Gasteiger partial charge in [0.05, 0.1) is 0 Å². The third-order valence-corrected chi connectivity index (χ3v) is 1.92. The van der Waals surface area contributed by atoms with Crippen LogP contribution in [0.25, 0.3) is 0 Å². The highest BCUT2D eigenvalue weighted by Crippen LogP contribution is 2.00. The number of nitrogens with one attached hydrogen (secondary N) is 1. The van der Waals surface area contributed by atoms with E-state index in [2.05, 4.69) is 10.1 Å². The van der Waals surface area contributed by atoms with Gasteiger partial charge in [-0.15, -0.1) is 0 Å². The summed E-state index contributed by atoms with van der Waals surface area (Å²) in [6.45, 7) is 0.0721. The molecule has 0 spiro atoms. The molecular weight excluding hydrogens is 226 g/mol. The van der Waals surface area contributed by atoms with Crippen LogP contribution in [0.4, 0.5) is 4.79 Å². The first kappa shape index (κ1) is 13.0. The van der Waals surface area contributed by atoms with E-state index in [1.165, 1.54) is 7.11 Å². The Morgan fingerprint density at radius 1 is 1.35 bits per heavy atom. The molecule has 0 aromatic heterocycles. The molecule has 0 radical (unpaired) electrons. The van der Waals surface area contributed by atoms with Gasteiger partial charge < -0.3 is 14.6 Å². The van der Waals surface area contributed by atoms with Gasteiger partial charge in [0.25, 0.3) is 0 Å². The zero-order valence-electron chi connectivity index (χ0n) is 9.25. The highest BCUT2D eigenvalue weighted by atomic mass is 16.6. The van der Waals surface area contributed by atoms with Crippen molar-refractivity contribution in [2.75, 3.05) is 7.11 Å². The minimum Gasteiger partial charge on any atom is -0.478 e. The van der Waals surface area contributed by atoms with Crippen LogP contribution in [0.3, 0.4) is 0 Å². The zero-order chi connectivity index (χ0) is 12.7. The second-order valence-electron chi connectivity index (χ2n) is 3.16. The second kappa shape index (κ2) is 6.49. The summed E-state index contributed by atoms with van der Waals surface area (Å²) in [7, 11) is 1.18. The fraction of sp³-hybridized carbons (Fsp3) is 0.273. The Balaban J connectivity index is 2.37. The lowest BCUT2D eigenvalue weighted by Crippen LogP contribution is -2.42. The fourth-order valence-electron chi connectivity index (χ4n) is 1.09. The van der Waals surface area contributed by atoms with E-state index >= 15 is 0 Å². The molecule has 1 atom stereocenters. The maximum Gasteiger partial charge on any atom is 0.409 e. The van der Waals surface area contributed by atoms with Crippen LogP contribution in [-0.2, 0) is 20.9 Å². The molecule has 1 rings (SSSR count). The highest BCUT2D eigenvalue weighted by Gasteiger charge is 2.19. The van der Waals surface area contributed by atoms with Crippen molar-refractivity contribution in [2.24, 2.45) is 0 Å². The molecule has 0 saturated carbocycles. The van der Waals surface area contributed by atoms with E-state index < -0.39 is 18.3 Å². The van der Waals surface area contributed by atoms with Gasteiger partial charge in [-0.25, -0.2) is 9.59 Å². The van der Waals surface area contributed by atoms with Crippen LogP contribution in [0.1, 0.15) is 5.56 Å². The van der Waals surface area contributed by atoms with Gasteiger partial charge in [-0.05, 0) is 5.56 Å². The first-order valence-electron chi connectivity index (χ1n) is 4.86. The topological polar surface area (TPSA) is 84.9 Å². The Morgan fingerprint density at radius 3 is 2.53 bits per heavy atom. The van der Waals surface area contributed by atoms with Crippen molar-refractivity contribution < 1.29 is 24.2 Å². The Bertz CT molecular complexity index is 379. The van der Waals surface area contributed by atoms with Crippen molar-refractivity contribution in [1.29, 1.82) is 0 Å². The summed E-state index contributed by atoms with van der Waals surface area (Å²) in [5, 5.41) is 10.7. The van der Waals surface area contributed by atoms with Gasteiger partial charge in [-0.2, -0.15) is 0 Å². The number of aliphatic carboxylic acids is 1. The predicted octanol–water partition coefficient (Wildman–Crippen LogP) is 0.970. The monoisotopic (exact) mass is 239 g/mol. The van der Waals surface area contributed by atoms with Gasteiger partial charge >= 0.3 is 12.1 Å². The first-order chi connectivity index (χ1) is 8.13.